The number of hydrogen-bond acceptors (Lipinski definition) is 2. The zero-order valence-corrected chi connectivity index (χ0v) is 8.74. The molecule has 2 unspecified atom stereocenters. The van der Waals surface area contributed by atoms with Gasteiger partial charge in [-0.1, -0.05) is 6.42 Å². The van der Waals surface area contributed by atoms with Crippen LogP contribution in [-0.4, -0.2) is 28.8 Å². The minimum Gasteiger partial charge on any atom is -0.381 e. The molecule has 0 radical (unpaired) electrons. The van der Waals surface area contributed by atoms with Crippen LogP contribution in [0.1, 0.15) is 32.1 Å². The van der Waals surface area contributed by atoms with Crippen LogP contribution in [0, 0.1) is 0 Å². The van der Waals surface area contributed by atoms with Gasteiger partial charge in [-0.2, -0.15) is 0 Å². The van der Waals surface area contributed by atoms with Gasteiger partial charge in [0.15, 0.2) is 0 Å². The molecule has 12 heavy (non-hydrogen) atoms. The van der Waals surface area contributed by atoms with Gasteiger partial charge >= 0.3 is 0 Å². The predicted octanol–water partition coefficient (Wildman–Crippen LogP) is 1.80. The van der Waals surface area contributed by atoms with Crippen LogP contribution in [0.2, 0.25) is 0 Å². The fourth-order valence-corrected chi connectivity index (χ4v) is 2.45. The Bertz CT molecular complexity index is 118. The SMILES string of the molecule is Cl.Cl.OCN1C2CCCC1CC2. The highest BCUT2D eigenvalue weighted by molar-refractivity contribution is 5.85. The van der Waals surface area contributed by atoms with Gasteiger partial charge in [-0.3, -0.25) is 4.90 Å². The fourth-order valence-electron chi connectivity index (χ4n) is 2.45. The van der Waals surface area contributed by atoms with Crippen LogP contribution in [0.3, 0.4) is 0 Å². The molecule has 4 heteroatoms. The summed E-state index contributed by atoms with van der Waals surface area (Å²) in [5, 5.41) is 9.00. The molecule has 2 atom stereocenters. The Morgan fingerprint density at radius 3 is 1.83 bits per heavy atom. The van der Waals surface area contributed by atoms with Gasteiger partial charge < -0.3 is 5.11 Å². The topological polar surface area (TPSA) is 23.5 Å². The van der Waals surface area contributed by atoms with Gasteiger partial charge in [0, 0.05) is 12.1 Å². The Morgan fingerprint density at radius 2 is 1.50 bits per heavy atom. The first-order chi connectivity index (χ1) is 4.92. The fraction of sp³-hybridized carbons (Fsp3) is 1.00. The van der Waals surface area contributed by atoms with E-state index in [4.69, 9.17) is 5.11 Å². The Labute approximate surface area is 86.1 Å². The lowest BCUT2D eigenvalue weighted by Gasteiger charge is -2.32. The van der Waals surface area contributed by atoms with Crippen LogP contribution >= 0.6 is 24.8 Å². The molecule has 0 amide bonds. The van der Waals surface area contributed by atoms with Crippen molar-refractivity contribution in [2.45, 2.75) is 44.2 Å². The third-order valence-electron chi connectivity index (χ3n) is 3.01. The highest BCUT2D eigenvalue weighted by atomic mass is 35.5. The van der Waals surface area contributed by atoms with Gasteiger partial charge in [0.1, 0.15) is 0 Å². The lowest BCUT2D eigenvalue weighted by atomic mass is 10.0. The van der Waals surface area contributed by atoms with Crippen molar-refractivity contribution in [1.29, 1.82) is 0 Å². The Hall–Kier alpha value is 0.500. The molecule has 1 N–H and O–H groups in total. The van der Waals surface area contributed by atoms with Gasteiger partial charge in [0.25, 0.3) is 0 Å². The summed E-state index contributed by atoms with van der Waals surface area (Å²) < 4.78 is 0. The van der Waals surface area contributed by atoms with Gasteiger partial charge in [0.05, 0.1) is 6.73 Å². The molecule has 0 aliphatic carbocycles. The van der Waals surface area contributed by atoms with Crippen LogP contribution in [0.15, 0.2) is 0 Å². The molecule has 0 aromatic carbocycles. The van der Waals surface area contributed by atoms with E-state index in [-0.39, 0.29) is 31.5 Å². The van der Waals surface area contributed by atoms with E-state index < -0.39 is 0 Å². The summed E-state index contributed by atoms with van der Waals surface area (Å²) in [6.45, 7) is 0.287. The molecular formula is C8H17Cl2NO. The average Bonchev–Trinajstić information content (AvgIpc) is 2.19. The Morgan fingerprint density at radius 1 is 1.00 bits per heavy atom. The molecule has 0 spiro atoms. The average molecular weight is 214 g/mol. The standard InChI is InChI=1S/C8H15NO.2ClH/c10-6-9-7-2-1-3-8(9)5-4-7;;/h7-8,10H,1-6H2;2*1H. The third-order valence-corrected chi connectivity index (χ3v) is 3.01. The van der Waals surface area contributed by atoms with E-state index in [0.717, 1.165) is 12.1 Å². The number of hydrogen-bond donors (Lipinski definition) is 1. The van der Waals surface area contributed by atoms with Crippen molar-refractivity contribution in [2.75, 3.05) is 6.73 Å². The quantitative estimate of drug-likeness (QED) is 0.719. The molecule has 2 fully saturated rings. The van der Waals surface area contributed by atoms with Crippen LogP contribution < -0.4 is 0 Å². The van der Waals surface area contributed by atoms with Gasteiger partial charge in [0.2, 0.25) is 0 Å². The first-order valence-electron chi connectivity index (χ1n) is 4.28. The highest BCUT2D eigenvalue weighted by Gasteiger charge is 2.35. The first kappa shape index (κ1) is 12.5. The smallest absolute Gasteiger partial charge is 0.0961 e. The predicted molar refractivity (Wildman–Crippen MR) is 54.1 cm³/mol. The van der Waals surface area contributed by atoms with Crippen molar-refractivity contribution in [1.82, 2.24) is 4.90 Å². The van der Waals surface area contributed by atoms with E-state index in [1.54, 1.807) is 0 Å². The molecule has 2 rings (SSSR count). The van der Waals surface area contributed by atoms with Gasteiger partial charge in [-0.15, -0.1) is 24.8 Å². The summed E-state index contributed by atoms with van der Waals surface area (Å²) in [4.78, 5) is 2.27. The lowest BCUT2D eigenvalue weighted by Crippen LogP contribution is -2.39. The van der Waals surface area contributed by atoms with Gasteiger partial charge in [-0.05, 0) is 25.7 Å². The molecular weight excluding hydrogens is 197 g/mol. The van der Waals surface area contributed by atoms with E-state index in [0.29, 0.717) is 0 Å². The summed E-state index contributed by atoms with van der Waals surface area (Å²) in [6.07, 6.45) is 6.66. The molecule has 0 saturated carbocycles. The van der Waals surface area contributed by atoms with Crippen molar-refractivity contribution in [3.8, 4) is 0 Å². The zero-order chi connectivity index (χ0) is 6.97. The van der Waals surface area contributed by atoms with E-state index >= 15 is 0 Å². The molecule has 0 aromatic heterocycles. The molecule has 74 valence electrons. The zero-order valence-electron chi connectivity index (χ0n) is 7.11. The van der Waals surface area contributed by atoms with Crippen molar-refractivity contribution in [3.63, 3.8) is 0 Å². The second-order valence-corrected chi connectivity index (χ2v) is 3.47. The normalized spacial score (nSPS) is 33.8. The maximum Gasteiger partial charge on any atom is 0.0961 e. The van der Waals surface area contributed by atoms with Crippen molar-refractivity contribution in [2.24, 2.45) is 0 Å². The van der Waals surface area contributed by atoms with Crippen LogP contribution in [0.4, 0.5) is 0 Å². The number of halogens is 2. The number of rotatable bonds is 1. The number of nitrogens with zero attached hydrogens (tertiary/aromatic N) is 1. The monoisotopic (exact) mass is 213 g/mol. The van der Waals surface area contributed by atoms with E-state index in [9.17, 15) is 0 Å². The van der Waals surface area contributed by atoms with Crippen molar-refractivity contribution < 1.29 is 5.11 Å². The summed E-state index contributed by atoms with van der Waals surface area (Å²) >= 11 is 0. The summed E-state index contributed by atoms with van der Waals surface area (Å²) in [5.74, 6) is 0. The van der Waals surface area contributed by atoms with E-state index in [1.165, 1.54) is 32.1 Å². The largest absolute Gasteiger partial charge is 0.381 e. The molecule has 2 heterocycles. The molecule has 0 aromatic rings. The minimum absolute atomic E-state index is 0. The van der Waals surface area contributed by atoms with Crippen LogP contribution in [0.25, 0.3) is 0 Å². The number of fused-ring (bicyclic) bond motifs is 2. The number of aliphatic hydroxyl groups excluding tert-OH is 1. The summed E-state index contributed by atoms with van der Waals surface area (Å²) in [7, 11) is 0. The molecule has 2 nitrogen and oxygen atoms in total. The highest BCUT2D eigenvalue weighted by Crippen LogP contribution is 2.34. The molecule has 2 saturated heterocycles. The third kappa shape index (κ3) is 2.05. The first-order valence-corrected chi connectivity index (χ1v) is 4.28. The molecule has 2 bridgehead atoms. The van der Waals surface area contributed by atoms with Crippen LogP contribution in [-0.2, 0) is 0 Å². The summed E-state index contributed by atoms with van der Waals surface area (Å²) in [6, 6.07) is 1.45. The second kappa shape index (κ2) is 5.28. The molecule has 2 aliphatic heterocycles. The summed E-state index contributed by atoms with van der Waals surface area (Å²) in [5.41, 5.74) is 0. The van der Waals surface area contributed by atoms with Crippen molar-refractivity contribution >= 4 is 24.8 Å². The van der Waals surface area contributed by atoms with E-state index in [1.807, 2.05) is 0 Å². The van der Waals surface area contributed by atoms with Crippen molar-refractivity contribution in [3.05, 3.63) is 0 Å². The van der Waals surface area contributed by atoms with Gasteiger partial charge in [-0.25, -0.2) is 0 Å². The minimum atomic E-state index is 0. The number of aliphatic hydroxyl groups is 1. The number of piperidine rings is 1. The maximum absolute atomic E-state index is 9.00. The lowest BCUT2D eigenvalue weighted by molar-refractivity contribution is 0.0380. The van der Waals surface area contributed by atoms with Crippen LogP contribution in [0.5, 0.6) is 0 Å². The Balaban J connectivity index is 0.000000605. The Kier molecular flexibility index (Phi) is 5.50. The maximum atomic E-state index is 9.00. The van der Waals surface area contributed by atoms with E-state index in [2.05, 4.69) is 4.90 Å². The second-order valence-electron chi connectivity index (χ2n) is 3.47. The molecule has 2 aliphatic rings.